The van der Waals surface area contributed by atoms with Crippen LogP contribution in [0.15, 0.2) is 73.8 Å². The number of aromatic nitrogens is 12. The monoisotopic (exact) mass is 750 g/mol. The van der Waals surface area contributed by atoms with Crippen molar-refractivity contribution in [1.82, 2.24) is 68.0 Å². The molecule has 56 heavy (non-hydrogen) atoms. The minimum atomic E-state index is 0.0924. The molecule has 284 valence electrons. The van der Waals surface area contributed by atoms with E-state index in [1.54, 1.807) is 23.2 Å². The summed E-state index contributed by atoms with van der Waals surface area (Å²) in [7, 11) is 7.75. The van der Waals surface area contributed by atoms with Crippen LogP contribution in [0.25, 0.3) is 56.0 Å². The van der Waals surface area contributed by atoms with Crippen molar-refractivity contribution in [3.05, 3.63) is 96.4 Å². The van der Waals surface area contributed by atoms with Crippen molar-refractivity contribution in [3.8, 4) is 33.9 Å². The summed E-state index contributed by atoms with van der Waals surface area (Å²) in [6, 6.07) is 12.4. The molecule has 2 aliphatic heterocycles. The highest BCUT2D eigenvalue weighted by molar-refractivity contribution is 5.84. The van der Waals surface area contributed by atoms with Crippen molar-refractivity contribution in [1.29, 1.82) is 0 Å². The van der Waals surface area contributed by atoms with Crippen molar-refractivity contribution < 1.29 is 9.59 Å². The minimum absolute atomic E-state index is 0.0924. The van der Waals surface area contributed by atoms with E-state index < -0.39 is 0 Å². The van der Waals surface area contributed by atoms with E-state index in [0.29, 0.717) is 13.1 Å². The molecule has 0 bridgehead atoms. The smallest absolute Gasteiger partial charge is 0.219 e. The number of benzene rings is 2. The fourth-order valence-electron chi connectivity index (χ4n) is 7.93. The maximum atomic E-state index is 11.9. The summed E-state index contributed by atoms with van der Waals surface area (Å²) in [5.74, 6) is 1.88. The van der Waals surface area contributed by atoms with E-state index in [2.05, 4.69) is 50.5 Å². The van der Waals surface area contributed by atoms with Gasteiger partial charge in [0.05, 0.1) is 47.6 Å². The molecule has 0 aliphatic carbocycles. The maximum absolute atomic E-state index is 11.9. The van der Waals surface area contributed by atoms with Crippen molar-refractivity contribution in [2.24, 2.45) is 28.2 Å². The van der Waals surface area contributed by atoms with Crippen LogP contribution < -0.4 is 0 Å². The largest absolute Gasteiger partial charge is 0.338 e. The fraction of sp³-hybridized carbons (Fsp3) is 0.300. The number of carbonyl (C=O) groups is 2. The molecule has 16 nitrogen and oxygen atoms in total. The second kappa shape index (κ2) is 13.5. The van der Waals surface area contributed by atoms with Crippen LogP contribution in [0.1, 0.15) is 36.4 Å². The van der Waals surface area contributed by atoms with Crippen LogP contribution in [0.2, 0.25) is 0 Å². The molecular formula is C40H42N14O2. The van der Waals surface area contributed by atoms with Gasteiger partial charge in [-0.15, -0.1) is 0 Å². The average molecular weight is 751 g/mol. The van der Waals surface area contributed by atoms with E-state index in [-0.39, 0.29) is 11.8 Å². The lowest BCUT2D eigenvalue weighted by Crippen LogP contribution is -2.34. The van der Waals surface area contributed by atoms with Gasteiger partial charge in [0, 0.05) is 114 Å². The summed E-state index contributed by atoms with van der Waals surface area (Å²) < 4.78 is 11.5. The van der Waals surface area contributed by atoms with Gasteiger partial charge in [0.2, 0.25) is 11.8 Å². The van der Waals surface area contributed by atoms with Crippen molar-refractivity contribution in [2.45, 2.75) is 39.8 Å². The van der Waals surface area contributed by atoms with E-state index >= 15 is 0 Å². The Hall–Kier alpha value is -6.84. The zero-order valence-electron chi connectivity index (χ0n) is 32.2. The molecule has 0 atom stereocenters. The predicted octanol–water partition coefficient (Wildman–Crippen LogP) is 4.13. The molecule has 8 aromatic rings. The Balaban J connectivity index is 0.000000146. The van der Waals surface area contributed by atoms with Gasteiger partial charge in [-0.25, -0.2) is 9.97 Å². The van der Waals surface area contributed by atoms with E-state index in [0.717, 1.165) is 93.0 Å². The first kappa shape index (κ1) is 34.9. The summed E-state index contributed by atoms with van der Waals surface area (Å²) in [6.07, 6.45) is 12.9. The number of nitrogens with zero attached hydrogens (tertiary/aromatic N) is 14. The minimum Gasteiger partial charge on any atom is -0.338 e. The van der Waals surface area contributed by atoms with Gasteiger partial charge in [-0.05, 0) is 35.4 Å². The van der Waals surface area contributed by atoms with Crippen molar-refractivity contribution in [2.75, 3.05) is 13.1 Å². The zero-order valence-corrected chi connectivity index (χ0v) is 32.2. The lowest BCUT2D eigenvalue weighted by atomic mass is 10.1. The molecule has 0 N–H and O–H groups in total. The van der Waals surface area contributed by atoms with Crippen LogP contribution in [-0.4, -0.2) is 92.9 Å². The number of carbonyl (C=O) groups excluding carboxylic acids is 2. The van der Waals surface area contributed by atoms with Crippen LogP contribution in [0.4, 0.5) is 0 Å². The van der Waals surface area contributed by atoms with E-state index in [1.807, 2.05) is 100.0 Å². The average Bonchev–Trinajstić information content (AvgIpc) is 4.06. The molecular weight excluding hydrogens is 709 g/mol. The Bertz CT molecular complexity index is 2810. The summed E-state index contributed by atoms with van der Waals surface area (Å²) in [5.41, 5.74) is 12.6. The number of hydrogen-bond donors (Lipinski definition) is 0. The Kier molecular flexibility index (Phi) is 8.40. The van der Waals surface area contributed by atoms with Gasteiger partial charge in [-0.1, -0.05) is 12.1 Å². The molecule has 0 spiro atoms. The Labute approximate surface area is 322 Å². The Morgan fingerprint density at radius 2 is 1.09 bits per heavy atom. The number of imidazole rings is 2. The van der Waals surface area contributed by atoms with Gasteiger partial charge < -0.3 is 9.80 Å². The third-order valence-electron chi connectivity index (χ3n) is 11.0. The molecule has 8 heterocycles. The molecule has 6 aromatic heterocycles. The van der Waals surface area contributed by atoms with Crippen molar-refractivity contribution in [3.63, 3.8) is 0 Å². The van der Waals surface area contributed by atoms with Gasteiger partial charge >= 0.3 is 0 Å². The Morgan fingerprint density at radius 1 is 0.589 bits per heavy atom. The van der Waals surface area contributed by atoms with E-state index in [9.17, 15) is 9.59 Å². The highest BCUT2D eigenvalue weighted by Gasteiger charge is 2.28. The number of aryl methyl sites for hydroxylation is 4. The molecule has 0 radical (unpaired) electrons. The molecule has 16 heteroatoms. The van der Waals surface area contributed by atoms with Gasteiger partial charge in [0.25, 0.3) is 0 Å². The lowest BCUT2D eigenvalue weighted by Gasteiger charge is -2.26. The Morgan fingerprint density at radius 3 is 1.61 bits per heavy atom. The van der Waals surface area contributed by atoms with Gasteiger partial charge in [-0.2, -0.15) is 20.4 Å². The second-order valence-electron chi connectivity index (χ2n) is 14.6. The van der Waals surface area contributed by atoms with Gasteiger partial charge in [-0.3, -0.25) is 37.5 Å². The molecule has 0 fully saturated rings. The van der Waals surface area contributed by atoms with Gasteiger partial charge in [0.15, 0.2) is 11.6 Å². The van der Waals surface area contributed by atoms with Crippen molar-refractivity contribution >= 4 is 33.9 Å². The normalized spacial score (nSPS) is 13.9. The molecule has 10 rings (SSSR count). The number of rotatable bonds is 4. The summed E-state index contributed by atoms with van der Waals surface area (Å²) >= 11 is 0. The van der Waals surface area contributed by atoms with Crippen LogP contribution in [0.3, 0.4) is 0 Å². The van der Waals surface area contributed by atoms with Crippen LogP contribution in [-0.2, 0) is 63.7 Å². The first-order chi connectivity index (χ1) is 27.0. The fourth-order valence-corrected chi connectivity index (χ4v) is 7.93. The SMILES string of the molecule is CC(=O)N1CCc2c(c(-n3cnc4cc(-c5cnn(C)c5)ccc43)nn2C)C1.CC(=O)N1CCc2c(c(-n3cnc4ccc(-c5cnn(C)c5)cc43)nn2C)C1. The molecule has 0 saturated carbocycles. The third-order valence-corrected chi connectivity index (χ3v) is 11.0. The highest BCUT2D eigenvalue weighted by Crippen LogP contribution is 2.31. The number of fused-ring (bicyclic) bond motifs is 4. The zero-order chi connectivity index (χ0) is 38.8. The van der Waals surface area contributed by atoms with Crippen LogP contribution in [0, 0.1) is 0 Å². The van der Waals surface area contributed by atoms with Crippen LogP contribution in [0.5, 0.6) is 0 Å². The number of amides is 2. The first-order valence-corrected chi connectivity index (χ1v) is 18.6. The summed E-state index contributed by atoms with van der Waals surface area (Å²) in [5, 5.41) is 18.0. The third kappa shape index (κ3) is 6.02. The molecule has 2 aromatic carbocycles. The van der Waals surface area contributed by atoms with E-state index in [4.69, 9.17) is 10.2 Å². The predicted molar refractivity (Wildman–Crippen MR) is 210 cm³/mol. The maximum Gasteiger partial charge on any atom is 0.219 e. The standard InChI is InChI=1S/2C20H21N7O/c1-13(28)26-7-6-18-16(11-26)20(23-25(18)3)27-12-21-17-8-14(4-5-19(17)27)15-9-22-24(2)10-15;1-13(28)26-7-6-18-16(11-26)20(23-25(18)3)27-12-21-17-5-4-14(8-19(17)27)15-9-22-24(2)10-15/h2*4-5,8-10,12H,6-7,11H2,1-3H3. The second-order valence-corrected chi connectivity index (χ2v) is 14.6. The first-order valence-electron chi connectivity index (χ1n) is 18.6. The van der Waals surface area contributed by atoms with Gasteiger partial charge in [0.1, 0.15) is 12.7 Å². The van der Waals surface area contributed by atoms with Crippen LogP contribution >= 0.6 is 0 Å². The molecule has 2 amide bonds. The van der Waals surface area contributed by atoms with E-state index in [1.165, 1.54) is 11.4 Å². The molecule has 2 aliphatic rings. The lowest BCUT2D eigenvalue weighted by molar-refractivity contribution is -0.130. The highest BCUT2D eigenvalue weighted by atomic mass is 16.2. The number of hydrogen-bond acceptors (Lipinski definition) is 8. The summed E-state index contributed by atoms with van der Waals surface area (Å²) in [4.78, 5) is 36.7. The summed E-state index contributed by atoms with van der Waals surface area (Å²) in [6.45, 7) is 5.87. The molecule has 0 saturated heterocycles. The molecule has 0 unspecified atom stereocenters. The topological polar surface area (TPSA) is 148 Å². The quantitative estimate of drug-likeness (QED) is 0.261.